The number of benzene rings is 1. The first-order valence-electron chi connectivity index (χ1n) is 9.61. The zero-order chi connectivity index (χ0) is 18.9. The summed E-state index contributed by atoms with van der Waals surface area (Å²) in [6, 6.07) is 9.98. The predicted molar refractivity (Wildman–Crippen MR) is 99.8 cm³/mol. The van der Waals surface area contributed by atoms with E-state index in [0.29, 0.717) is 6.54 Å². The monoisotopic (exact) mass is 363 g/mol. The standard InChI is InChI=1S/C20H31N3O3/c1-4-16(2)19(20(25)26-3)21-18(24)15-23-12-10-22(11-13-23)14-17-8-6-5-7-9-17/h5-9,16,19H,4,10-15H2,1-3H3,(H,21,24)/p+2/t16-,19-/m0/s1. The van der Waals surface area contributed by atoms with E-state index in [1.165, 1.54) is 17.6 Å². The molecule has 6 nitrogen and oxygen atoms in total. The van der Waals surface area contributed by atoms with E-state index >= 15 is 0 Å². The molecule has 0 aliphatic carbocycles. The third kappa shape index (κ3) is 6.11. The topological polar surface area (TPSA) is 64.3 Å². The number of piperazine rings is 1. The molecule has 1 aromatic rings. The summed E-state index contributed by atoms with van der Waals surface area (Å²) in [5.41, 5.74) is 1.36. The second kappa shape index (κ2) is 10.3. The minimum absolute atomic E-state index is 0.0635. The van der Waals surface area contributed by atoms with Crippen molar-refractivity contribution in [1.29, 1.82) is 0 Å². The van der Waals surface area contributed by atoms with Gasteiger partial charge in [-0.15, -0.1) is 0 Å². The largest absolute Gasteiger partial charge is 0.467 e. The summed E-state index contributed by atoms with van der Waals surface area (Å²) in [6.45, 7) is 9.49. The van der Waals surface area contributed by atoms with Crippen LogP contribution < -0.4 is 15.1 Å². The Kier molecular flexibility index (Phi) is 8.06. The Balaban J connectivity index is 1.77. The molecule has 6 heteroatoms. The first-order valence-corrected chi connectivity index (χ1v) is 9.61. The quantitative estimate of drug-likeness (QED) is 0.502. The van der Waals surface area contributed by atoms with Crippen molar-refractivity contribution < 1.29 is 24.1 Å². The van der Waals surface area contributed by atoms with Gasteiger partial charge < -0.3 is 19.9 Å². The third-order valence-corrected chi connectivity index (χ3v) is 5.36. The minimum Gasteiger partial charge on any atom is -0.467 e. The van der Waals surface area contributed by atoms with Crippen LogP contribution in [0.5, 0.6) is 0 Å². The van der Waals surface area contributed by atoms with Gasteiger partial charge in [-0.1, -0.05) is 50.6 Å². The van der Waals surface area contributed by atoms with Crippen LogP contribution in [0, 0.1) is 5.92 Å². The highest BCUT2D eigenvalue weighted by molar-refractivity contribution is 5.85. The molecule has 0 unspecified atom stereocenters. The van der Waals surface area contributed by atoms with Gasteiger partial charge in [-0.05, 0) is 5.92 Å². The molecule has 2 atom stereocenters. The number of ether oxygens (including phenoxy) is 1. The number of esters is 1. The Morgan fingerprint density at radius 3 is 2.31 bits per heavy atom. The van der Waals surface area contributed by atoms with Gasteiger partial charge >= 0.3 is 5.97 Å². The van der Waals surface area contributed by atoms with Crippen LogP contribution in [0.15, 0.2) is 30.3 Å². The second-order valence-corrected chi connectivity index (χ2v) is 7.29. The van der Waals surface area contributed by atoms with Gasteiger partial charge in [-0.3, -0.25) is 4.79 Å². The first kappa shape index (κ1) is 20.4. The highest BCUT2D eigenvalue weighted by atomic mass is 16.5. The normalized spacial score (nSPS) is 22.3. The molecule has 2 rings (SSSR count). The highest BCUT2D eigenvalue weighted by Gasteiger charge is 2.29. The van der Waals surface area contributed by atoms with Crippen molar-refractivity contribution in [2.45, 2.75) is 32.9 Å². The molecule has 26 heavy (non-hydrogen) atoms. The molecular weight excluding hydrogens is 330 g/mol. The van der Waals surface area contributed by atoms with Gasteiger partial charge in [0, 0.05) is 5.56 Å². The van der Waals surface area contributed by atoms with Crippen LogP contribution in [-0.4, -0.2) is 57.8 Å². The number of rotatable bonds is 8. The molecular formula is C20H33N3O3+2. The number of quaternary nitrogens is 2. The lowest BCUT2D eigenvalue weighted by molar-refractivity contribution is -1.02. The maximum atomic E-state index is 12.4. The lowest BCUT2D eigenvalue weighted by Crippen LogP contribution is -3.28. The fourth-order valence-electron chi connectivity index (χ4n) is 3.44. The summed E-state index contributed by atoms with van der Waals surface area (Å²) in [5, 5.41) is 2.88. The Hall–Kier alpha value is -1.92. The molecule has 1 aromatic carbocycles. The number of hydrogen-bond acceptors (Lipinski definition) is 3. The number of carbonyl (C=O) groups excluding carboxylic acids is 2. The molecule has 3 N–H and O–H groups in total. The lowest BCUT2D eigenvalue weighted by atomic mass is 9.99. The van der Waals surface area contributed by atoms with Crippen molar-refractivity contribution in [3.8, 4) is 0 Å². The maximum Gasteiger partial charge on any atom is 0.328 e. The summed E-state index contributed by atoms with van der Waals surface area (Å²) in [6.07, 6.45) is 0.814. The van der Waals surface area contributed by atoms with Crippen LogP contribution in [0.4, 0.5) is 0 Å². The van der Waals surface area contributed by atoms with E-state index in [-0.39, 0.29) is 17.8 Å². The average molecular weight is 364 g/mol. The van der Waals surface area contributed by atoms with Gasteiger partial charge in [-0.2, -0.15) is 0 Å². The second-order valence-electron chi connectivity index (χ2n) is 7.29. The van der Waals surface area contributed by atoms with Crippen LogP contribution in [0.25, 0.3) is 0 Å². The molecule has 0 radical (unpaired) electrons. The van der Waals surface area contributed by atoms with E-state index in [0.717, 1.165) is 39.1 Å². The molecule has 144 valence electrons. The van der Waals surface area contributed by atoms with Crippen LogP contribution in [-0.2, 0) is 20.9 Å². The van der Waals surface area contributed by atoms with Crippen LogP contribution in [0.2, 0.25) is 0 Å². The Bertz CT molecular complexity index is 571. The van der Waals surface area contributed by atoms with E-state index < -0.39 is 6.04 Å². The van der Waals surface area contributed by atoms with Crippen LogP contribution in [0.3, 0.4) is 0 Å². The summed E-state index contributed by atoms with van der Waals surface area (Å²) in [7, 11) is 1.36. The van der Waals surface area contributed by atoms with E-state index in [9.17, 15) is 9.59 Å². The first-order chi connectivity index (χ1) is 12.5. The summed E-state index contributed by atoms with van der Waals surface area (Å²) in [4.78, 5) is 27.1. The van der Waals surface area contributed by atoms with E-state index in [1.54, 1.807) is 4.90 Å². The van der Waals surface area contributed by atoms with Gasteiger partial charge in [0.15, 0.2) is 6.54 Å². The molecule has 1 heterocycles. The maximum absolute atomic E-state index is 12.4. The van der Waals surface area contributed by atoms with E-state index in [4.69, 9.17) is 4.74 Å². The molecule has 1 aliphatic rings. The van der Waals surface area contributed by atoms with E-state index in [2.05, 4.69) is 29.6 Å². The number of amides is 1. The molecule has 0 spiro atoms. The zero-order valence-electron chi connectivity index (χ0n) is 16.2. The van der Waals surface area contributed by atoms with Crippen molar-refractivity contribution in [3.63, 3.8) is 0 Å². The van der Waals surface area contributed by atoms with Gasteiger partial charge in [0.1, 0.15) is 38.8 Å². The number of carbonyl (C=O) groups is 2. The van der Waals surface area contributed by atoms with Crippen molar-refractivity contribution >= 4 is 11.9 Å². The Morgan fingerprint density at radius 2 is 1.73 bits per heavy atom. The fraction of sp³-hybridized carbons (Fsp3) is 0.600. The third-order valence-electron chi connectivity index (χ3n) is 5.36. The minimum atomic E-state index is -0.554. The summed E-state index contributed by atoms with van der Waals surface area (Å²) in [5.74, 6) is -0.365. The highest BCUT2D eigenvalue weighted by Crippen LogP contribution is 2.08. The number of hydrogen-bond donors (Lipinski definition) is 3. The molecule has 1 saturated heterocycles. The molecule has 1 fully saturated rings. The molecule has 0 bridgehead atoms. The smallest absolute Gasteiger partial charge is 0.328 e. The van der Waals surface area contributed by atoms with Crippen molar-refractivity contribution in [2.75, 3.05) is 39.8 Å². The zero-order valence-corrected chi connectivity index (χ0v) is 16.2. The Morgan fingerprint density at radius 1 is 1.12 bits per heavy atom. The fourth-order valence-corrected chi connectivity index (χ4v) is 3.44. The van der Waals surface area contributed by atoms with Gasteiger partial charge in [0.2, 0.25) is 0 Å². The lowest BCUT2D eigenvalue weighted by Gasteiger charge is -2.30. The predicted octanol–water partition coefficient (Wildman–Crippen LogP) is -1.33. The van der Waals surface area contributed by atoms with Crippen molar-refractivity contribution in [1.82, 2.24) is 5.32 Å². The summed E-state index contributed by atoms with van der Waals surface area (Å²) >= 11 is 0. The number of methoxy groups -OCH3 is 1. The van der Waals surface area contributed by atoms with Gasteiger partial charge in [0.25, 0.3) is 5.91 Å². The molecule has 0 aromatic heterocycles. The van der Waals surface area contributed by atoms with Crippen molar-refractivity contribution in [2.24, 2.45) is 5.92 Å². The SMILES string of the molecule is CC[C@H](C)[C@H](NC(=O)C[NH+]1CC[NH+](Cc2ccccc2)CC1)C(=O)OC. The van der Waals surface area contributed by atoms with E-state index in [1.807, 2.05) is 19.9 Å². The average Bonchev–Trinajstić information content (AvgIpc) is 2.67. The molecule has 0 saturated carbocycles. The van der Waals surface area contributed by atoms with Gasteiger partial charge in [0.05, 0.1) is 7.11 Å². The van der Waals surface area contributed by atoms with Crippen LogP contribution >= 0.6 is 0 Å². The van der Waals surface area contributed by atoms with Crippen LogP contribution in [0.1, 0.15) is 25.8 Å². The van der Waals surface area contributed by atoms with Gasteiger partial charge in [-0.25, -0.2) is 4.79 Å². The molecule has 1 aliphatic heterocycles. The van der Waals surface area contributed by atoms with Crippen molar-refractivity contribution in [3.05, 3.63) is 35.9 Å². The summed E-state index contributed by atoms with van der Waals surface area (Å²) < 4.78 is 4.83. The number of nitrogens with one attached hydrogen (secondary N) is 3. The Labute approximate surface area is 156 Å². The molecule has 1 amide bonds.